The van der Waals surface area contributed by atoms with Crippen LogP contribution >= 0.6 is 15.9 Å². The van der Waals surface area contributed by atoms with Gasteiger partial charge in [-0.2, -0.15) is 0 Å². The lowest BCUT2D eigenvalue weighted by Crippen LogP contribution is -2.39. The van der Waals surface area contributed by atoms with Gasteiger partial charge in [-0.3, -0.25) is 9.59 Å². The van der Waals surface area contributed by atoms with E-state index in [0.717, 1.165) is 15.6 Å². The number of ether oxygens (including phenoxy) is 1. The van der Waals surface area contributed by atoms with Gasteiger partial charge in [-0.05, 0) is 50.1 Å². The Bertz CT molecular complexity index is 909. The van der Waals surface area contributed by atoms with Gasteiger partial charge in [0.15, 0.2) is 0 Å². The van der Waals surface area contributed by atoms with Crippen molar-refractivity contribution in [1.29, 1.82) is 0 Å². The monoisotopic (exact) mass is 475 g/mol. The average Bonchev–Trinajstić information content (AvgIpc) is 2.64. The van der Waals surface area contributed by atoms with Gasteiger partial charge in [0.05, 0.1) is 6.42 Å². The summed E-state index contributed by atoms with van der Waals surface area (Å²) in [6, 6.07) is 14.8. The molecule has 3 amide bonds. The lowest BCUT2D eigenvalue weighted by atomic mass is 10.1. The fraction of sp³-hybridized carbons (Fsp3) is 0.318. The molecule has 7 nitrogen and oxygen atoms in total. The van der Waals surface area contributed by atoms with Crippen LogP contribution in [0.3, 0.4) is 0 Å². The van der Waals surface area contributed by atoms with Gasteiger partial charge in [0.1, 0.15) is 12.1 Å². The van der Waals surface area contributed by atoms with Gasteiger partial charge in [-0.1, -0.05) is 46.3 Å². The first-order valence-electron chi connectivity index (χ1n) is 9.48. The van der Waals surface area contributed by atoms with E-state index in [1.54, 1.807) is 26.8 Å². The van der Waals surface area contributed by atoms with Crippen molar-refractivity contribution in [2.75, 3.05) is 11.9 Å². The van der Waals surface area contributed by atoms with Gasteiger partial charge < -0.3 is 20.7 Å². The second-order valence-electron chi connectivity index (χ2n) is 7.64. The second kappa shape index (κ2) is 10.8. The van der Waals surface area contributed by atoms with Crippen LogP contribution in [0, 0.1) is 0 Å². The van der Waals surface area contributed by atoms with Crippen molar-refractivity contribution in [3.63, 3.8) is 0 Å². The van der Waals surface area contributed by atoms with Crippen LogP contribution in [-0.4, -0.2) is 30.1 Å². The van der Waals surface area contributed by atoms with E-state index in [4.69, 9.17) is 4.74 Å². The zero-order valence-electron chi connectivity index (χ0n) is 17.3. The van der Waals surface area contributed by atoms with E-state index < -0.39 is 11.7 Å². The van der Waals surface area contributed by atoms with Crippen LogP contribution in [0.25, 0.3) is 0 Å². The van der Waals surface area contributed by atoms with Gasteiger partial charge in [0.2, 0.25) is 11.8 Å². The number of hydrogen-bond donors (Lipinski definition) is 3. The number of benzene rings is 2. The predicted octanol–water partition coefficient (Wildman–Crippen LogP) is 3.77. The quantitative estimate of drug-likeness (QED) is 0.567. The van der Waals surface area contributed by atoms with Crippen LogP contribution in [0.4, 0.5) is 10.5 Å². The molecule has 0 atom stereocenters. The first-order chi connectivity index (χ1) is 14.1. The molecule has 0 spiro atoms. The van der Waals surface area contributed by atoms with Crippen molar-refractivity contribution in [3.05, 3.63) is 64.1 Å². The minimum atomic E-state index is -0.655. The molecule has 2 aromatic rings. The Morgan fingerprint density at radius 2 is 1.70 bits per heavy atom. The van der Waals surface area contributed by atoms with Crippen LogP contribution < -0.4 is 16.0 Å². The summed E-state index contributed by atoms with van der Waals surface area (Å²) in [6.45, 7) is 5.24. The molecule has 30 heavy (non-hydrogen) atoms. The van der Waals surface area contributed by atoms with E-state index in [9.17, 15) is 14.4 Å². The zero-order chi connectivity index (χ0) is 22.1. The number of amides is 3. The first-order valence-corrected chi connectivity index (χ1v) is 10.3. The third kappa shape index (κ3) is 8.65. The van der Waals surface area contributed by atoms with Gasteiger partial charge >= 0.3 is 6.09 Å². The molecule has 0 bridgehead atoms. The minimum absolute atomic E-state index is 0.154. The molecule has 0 heterocycles. The molecular formula is C22H26BrN3O4. The Balaban J connectivity index is 1.86. The van der Waals surface area contributed by atoms with E-state index in [-0.39, 0.29) is 31.3 Å². The molecule has 0 saturated carbocycles. The second-order valence-corrected chi connectivity index (χ2v) is 8.56. The fourth-order valence-electron chi connectivity index (χ4n) is 2.55. The fourth-order valence-corrected chi connectivity index (χ4v) is 2.99. The normalized spacial score (nSPS) is 10.8. The number of carbonyl (C=O) groups is 3. The summed E-state index contributed by atoms with van der Waals surface area (Å²) in [5, 5.41) is 8.01. The van der Waals surface area contributed by atoms with Gasteiger partial charge in [-0.25, -0.2) is 4.79 Å². The molecule has 0 aliphatic carbocycles. The highest BCUT2D eigenvalue weighted by molar-refractivity contribution is 9.10. The van der Waals surface area contributed by atoms with Crippen molar-refractivity contribution in [2.45, 2.75) is 39.3 Å². The molecule has 2 rings (SSSR count). The number of hydrogen-bond acceptors (Lipinski definition) is 4. The van der Waals surface area contributed by atoms with E-state index >= 15 is 0 Å². The summed E-state index contributed by atoms with van der Waals surface area (Å²) < 4.78 is 6.00. The SMILES string of the molecule is CC(C)(C)OC(=O)NCC(=O)NCc1ccccc1NC(=O)Cc1cccc(Br)c1. The standard InChI is InChI=1S/C22H26BrN3O4/c1-22(2,3)30-21(29)25-14-20(28)24-13-16-8-4-5-10-18(16)26-19(27)12-15-7-6-9-17(23)11-15/h4-11H,12-14H2,1-3H3,(H,24,28)(H,25,29)(H,26,27). The van der Waals surface area contributed by atoms with Crippen molar-refractivity contribution >= 4 is 39.5 Å². The highest BCUT2D eigenvalue weighted by atomic mass is 79.9. The highest BCUT2D eigenvalue weighted by Crippen LogP contribution is 2.16. The summed E-state index contributed by atoms with van der Waals surface area (Å²) in [5.74, 6) is -0.519. The minimum Gasteiger partial charge on any atom is -0.444 e. The molecule has 0 fully saturated rings. The number of rotatable bonds is 7. The molecule has 8 heteroatoms. The van der Waals surface area contributed by atoms with E-state index in [2.05, 4.69) is 31.9 Å². The highest BCUT2D eigenvalue weighted by Gasteiger charge is 2.16. The Morgan fingerprint density at radius 3 is 2.40 bits per heavy atom. The van der Waals surface area contributed by atoms with Crippen molar-refractivity contribution in [2.24, 2.45) is 0 Å². The van der Waals surface area contributed by atoms with Crippen molar-refractivity contribution < 1.29 is 19.1 Å². The Hall–Kier alpha value is -2.87. The van der Waals surface area contributed by atoms with Crippen LogP contribution in [0.1, 0.15) is 31.9 Å². The van der Waals surface area contributed by atoms with E-state index in [1.807, 2.05) is 42.5 Å². The molecule has 0 aliphatic rings. The maximum absolute atomic E-state index is 12.4. The Labute approximate surface area is 184 Å². The van der Waals surface area contributed by atoms with E-state index in [0.29, 0.717) is 5.69 Å². The number of carbonyl (C=O) groups excluding carboxylic acids is 3. The molecule has 160 valence electrons. The number of para-hydroxylation sites is 1. The van der Waals surface area contributed by atoms with Gasteiger partial charge in [0.25, 0.3) is 0 Å². The topological polar surface area (TPSA) is 96.5 Å². The van der Waals surface area contributed by atoms with Gasteiger partial charge in [-0.15, -0.1) is 0 Å². The third-order valence-corrected chi connectivity index (χ3v) is 4.31. The average molecular weight is 476 g/mol. The van der Waals surface area contributed by atoms with Crippen molar-refractivity contribution in [1.82, 2.24) is 10.6 Å². The van der Waals surface area contributed by atoms with Crippen LogP contribution in [0.5, 0.6) is 0 Å². The number of nitrogens with one attached hydrogen (secondary N) is 3. The van der Waals surface area contributed by atoms with Crippen LogP contribution in [0.2, 0.25) is 0 Å². The smallest absolute Gasteiger partial charge is 0.408 e. The maximum Gasteiger partial charge on any atom is 0.408 e. The summed E-state index contributed by atoms with van der Waals surface area (Å²) in [4.78, 5) is 36.0. The zero-order valence-corrected chi connectivity index (χ0v) is 18.8. The first kappa shape index (κ1) is 23.4. The van der Waals surface area contributed by atoms with Crippen LogP contribution in [0.15, 0.2) is 53.0 Å². The third-order valence-electron chi connectivity index (χ3n) is 3.81. The summed E-state index contributed by atoms with van der Waals surface area (Å²) >= 11 is 3.39. The van der Waals surface area contributed by atoms with Crippen LogP contribution in [-0.2, 0) is 27.3 Å². The maximum atomic E-state index is 12.4. The number of halogens is 1. The molecule has 0 radical (unpaired) electrons. The lowest BCUT2D eigenvalue weighted by Gasteiger charge is -2.19. The molecule has 3 N–H and O–H groups in total. The van der Waals surface area contributed by atoms with Crippen molar-refractivity contribution in [3.8, 4) is 0 Å². The largest absolute Gasteiger partial charge is 0.444 e. The molecule has 0 aliphatic heterocycles. The number of anilines is 1. The number of alkyl carbamates (subject to hydrolysis) is 1. The Morgan fingerprint density at radius 1 is 0.967 bits per heavy atom. The summed E-state index contributed by atoms with van der Waals surface area (Å²) in [5.41, 5.74) is 1.64. The molecule has 0 aromatic heterocycles. The Kier molecular flexibility index (Phi) is 8.41. The van der Waals surface area contributed by atoms with Gasteiger partial charge in [0, 0.05) is 16.7 Å². The molecular weight excluding hydrogens is 450 g/mol. The summed E-state index contributed by atoms with van der Waals surface area (Å²) in [6.07, 6.45) is -0.419. The summed E-state index contributed by atoms with van der Waals surface area (Å²) in [7, 11) is 0. The predicted molar refractivity (Wildman–Crippen MR) is 119 cm³/mol. The molecule has 2 aromatic carbocycles. The lowest BCUT2D eigenvalue weighted by molar-refractivity contribution is -0.120. The molecule has 0 unspecified atom stereocenters. The van der Waals surface area contributed by atoms with E-state index in [1.165, 1.54) is 0 Å². The molecule has 0 saturated heterocycles.